The van der Waals surface area contributed by atoms with Gasteiger partial charge in [0.1, 0.15) is 5.00 Å². The molecular formula is C22H26N2O2S. The predicted molar refractivity (Wildman–Crippen MR) is 109 cm³/mol. The number of carbonyl (C=O) groups is 2. The van der Waals surface area contributed by atoms with Crippen LogP contribution in [-0.4, -0.2) is 11.8 Å². The lowest BCUT2D eigenvalue weighted by molar-refractivity contribution is -0.119. The van der Waals surface area contributed by atoms with E-state index >= 15 is 0 Å². The highest BCUT2D eigenvalue weighted by Gasteiger charge is 2.29. The molecule has 0 atom stereocenters. The Bertz CT molecular complexity index is 822. The molecule has 2 amide bonds. The minimum Gasteiger partial charge on any atom is -0.348 e. The molecular weight excluding hydrogens is 356 g/mol. The number of amides is 2. The summed E-state index contributed by atoms with van der Waals surface area (Å²) in [5, 5.41) is 6.91. The Hall–Kier alpha value is -2.14. The van der Waals surface area contributed by atoms with E-state index in [0.717, 1.165) is 67.5 Å². The number of nitrogens with one attached hydrogen (secondary N) is 2. The van der Waals surface area contributed by atoms with Crippen LogP contribution in [0.4, 0.5) is 5.00 Å². The van der Waals surface area contributed by atoms with Gasteiger partial charge < -0.3 is 10.6 Å². The number of thiophene rings is 1. The molecule has 2 aliphatic rings. The van der Waals surface area contributed by atoms with Crippen molar-refractivity contribution in [3.05, 3.63) is 51.9 Å². The van der Waals surface area contributed by atoms with E-state index in [1.54, 1.807) is 11.3 Å². The van der Waals surface area contributed by atoms with E-state index < -0.39 is 0 Å². The van der Waals surface area contributed by atoms with Gasteiger partial charge in [-0.1, -0.05) is 43.2 Å². The summed E-state index contributed by atoms with van der Waals surface area (Å²) in [6, 6.07) is 9.93. The Morgan fingerprint density at radius 1 is 1.00 bits per heavy atom. The minimum atomic E-state index is -0.0695. The third-order valence-electron chi connectivity index (χ3n) is 5.66. The molecule has 0 unspecified atom stereocenters. The predicted octanol–water partition coefficient (Wildman–Crippen LogP) is 4.69. The number of aryl methyl sites for hydroxylation is 1. The second kappa shape index (κ2) is 8.26. The summed E-state index contributed by atoms with van der Waals surface area (Å²) >= 11 is 1.61. The van der Waals surface area contributed by atoms with E-state index in [9.17, 15) is 9.59 Å². The van der Waals surface area contributed by atoms with E-state index in [4.69, 9.17) is 0 Å². The number of carbonyl (C=O) groups excluding carboxylic acids is 2. The van der Waals surface area contributed by atoms with Gasteiger partial charge in [-0.3, -0.25) is 9.59 Å². The molecule has 0 aliphatic heterocycles. The second-order valence-electron chi connectivity index (χ2n) is 7.55. The molecule has 0 spiro atoms. The van der Waals surface area contributed by atoms with Crippen LogP contribution in [-0.2, 0) is 24.2 Å². The highest BCUT2D eigenvalue weighted by Crippen LogP contribution is 2.39. The number of hydrogen-bond acceptors (Lipinski definition) is 3. The summed E-state index contributed by atoms with van der Waals surface area (Å²) < 4.78 is 0. The molecule has 1 aromatic carbocycles. The van der Waals surface area contributed by atoms with Crippen molar-refractivity contribution in [1.82, 2.24) is 5.32 Å². The van der Waals surface area contributed by atoms with E-state index in [0.29, 0.717) is 12.1 Å². The fourth-order valence-electron chi connectivity index (χ4n) is 4.16. The van der Waals surface area contributed by atoms with Crippen molar-refractivity contribution >= 4 is 28.2 Å². The highest BCUT2D eigenvalue weighted by molar-refractivity contribution is 7.17. The molecule has 27 heavy (non-hydrogen) atoms. The second-order valence-corrected chi connectivity index (χ2v) is 8.66. The van der Waals surface area contributed by atoms with Crippen LogP contribution >= 0.6 is 11.3 Å². The lowest BCUT2D eigenvalue weighted by atomic mass is 9.95. The Morgan fingerprint density at radius 2 is 1.74 bits per heavy atom. The third-order valence-corrected chi connectivity index (χ3v) is 6.86. The lowest BCUT2D eigenvalue weighted by Crippen LogP contribution is -2.26. The van der Waals surface area contributed by atoms with Gasteiger partial charge >= 0.3 is 0 Å². The van der Waals surface area contributed by atoms with Crippen molar-refractivity contribution in [2.75, 3.05) is 5.32 Å². The van der Waals surface area contributed by atoms with Gasteiger partial charge in [0.2, 0.25) is 5.91 Å². The normalized spacial score (nSPS) is 16.7. The maximum Gasteiger partial charge on any atom is 0.254 e. The summed E-state index contributed by atoms with van der Waals surface area (Å²) in [4.78, 5) is 26.9. The van der Waals surface area contributed by atoms with Crippen LogP contribution in [0.3, 0.4) is 0 Å². The van der Waals surface area contributed by atoms with Gasteiger partial charge in [0.05, 0.1) is 5.56 Å². The Kier molecular flexibility index (Phi) is 5.58. The molecule has 2 N–H and O–H groups in total. The average Bonchev–Trinajstić information content (AvgIpc) is 3.34. The topological polar surface area (TPSA) is 58.2 Å². The van der Waals surface area contributed by atoms with Crippen LogP contribution in [0, 0.1) is 5.92 Å². The minimum absolute atomic E-state index is 0.0695. The number of rotatable bonds is 5. The lowest BCUT2D eigenvalue weighted by Gasteiger charge is -2.14. The SMILES string of the molecule is O=C(NCc1ccccc1)c1c(NC(=O)C2CCCC2)sc2c1CCCC2. The molecule has 4 nitrogen and oxygen atoms in total. The van der Waals surface area contributed by atoms with E-state index in [2.05, 4.69) is 10.6 Å². The van der Waals surface area contributed by atoms with Crippen LogP contribution in [0.15, 0.2) is 30.3 Å². The monoisotopic (exact) mass is 382 g/mol. The zero-order valence-electron chi connectivity index (χ0n) is 15.6. The van der Waals surface area contributed by atoms with Crippen molar-refractivity contribution in [3.8, 4) is 0 Å². The average molecular weight is 383 g/mol. The van der Waals surface area contributed by atoms with E-state index in [1.165, 1.54) is 4.88 Å². The zero-order valence-corrected chi connectivity index (χ0v) is 16.4. The molecule has 2 aliphatic carbocycles. The smallest absolute Gasteiger partial charge is 0.254 e. The van der Waals surface area contributed by atoms with Crippen LogP contribution in [0.25, 0.3) is 0 Å². The van der Waals surface area contributed by atoms with Gasteiger partial charge in [-0.05, 0) is 49.7 Å². The highest BCUT2D eigenvalue weighted by atomic mass is 32.1. The van der Waals surface area contributed by atoms with Crippen molar-refractivity contribution in [3.63, 3.8) is 0 Å². The van der Waals surface area contributed by atoms with E-state index in [-0.39, 0.29) is 17.7 Å². The van der Waals surface area contributed by atoms with Crippen molar-refractivity contribution in [2.24, 2.45) is 5.92 Å². The maximum atomic E-state index is 13.0. The first-order valence-electron chi connectivity index (χ1n) is 10.00. The van der Waals surface area contributed by atoms with Crippen molar-refractivity contribution < 1.29 is 9.59 Å². The first-order chi connectivity index (χ1) is 13.2. The molecule has 5 heteroatoms. The summed E-state index contributed by atoms with van der Waals surface area (Å²) in [6.45, 7) is 0.500. The fraction of sp³-hybridized carbons (Fsp3) is 0.455. The quantitative estimate of drug-likeness (QED) is 0.788. The van der Waals surface area contributed by atoms with Crippen LogP contribution in [0.2, 0.25) is 0 Å². The number of benzene rings is 1. The molecule has 4 rings (SSSR count). The molecule has 1 saturated carbocycles. The molecule has 2 aromatic rings. The van der Waals surface area contributed by atoms with Crippen molar-refractivity contribution in [2.45, 2.75) is 57.9 Å². The van der Waals surface area contributed by atoms with Gasteiger partial charge in [0.15, 0.2) is 0 Å². The Balaban J connectivity index is 1.54. The van der Waals surface area contributed by atoms with Gasteiger partial charge in [-0.15, -0.1) is 11.3 Å². The fourth-order valence-corrected chi connectivity index (χ4v) is 5.45. The summed E-state index contributed by atoms with van der Waals surface area (Å²) in [7, 11) is 0. The molecule has 1 heterocycles. The van der Waals surface area contributed by atoms with Gasteiger partial charge in [0.25, 0.3) is 5.91 Å². The van der Waals surface area contributed by atoms with Crippen LogP contribution in [0.1, 0.15) is 64.9 Å². The van der Waals surface area contributed by atoms with Gasteiger partial charge in [-0.25, -0.2) is 0 Å². The van der Waals surface area contributed by atoms with Crippen LogP contribution in [0.5, 0.6) is 0 Å². The molecule has 0 bridgehead atoms. The Morgan fingerprint density at radius 3 is 2.52 bits per heavy atom. The molecule has 1 aromatic heterocycles. The summed E-state index contributed by atoms with van der Waals surface area (Å²) in [5.74, 6) is 0.118. The molecule has 0 saturated heterocycles. The van der Waals surface area contributed by atoms with Crippen LogP contribution < -0.4 is 10.6 Å². The van der Waals surface area contributed by atoms with Crippen molar-refractivity contribution in [1.29, 1.82) is 0 Å². The standard InChI is InChI=1S/C22H26N2O2S/c25-20(16-10-4-5-11-16)24-22-19(17-12-6-7-13-18(17)27-22)21(26)23-14-15-8-2-1-3-9-15/h1-3,8-9,16H,4-7,10-14H2,(H,23,26)(H,24,25). The number of hydrogen-bond donors (Lipinski definition) is 2. The largest absolute Gasteiger partial charge is 0.348 e. The summed E-state index contributed by atoms with van der Waals surface area (Å²) in [5.41, 5.74) is 2.93. The van der Waals surface area contributed by atoms with E-state index in [1.807, 2.05) is 30.3 Å². The Labute approximate surface area is 164 Å². The third kappa shape index (κ3) is 4.08. The molecule has 142 valence electrons. The number of fused-ring (bicyclic) bond motifs is 1. The molecule has 0 radical (unpaired) electrons. The molecule has 1 fully saturated rings. The first kappa shape index (κ1) is 18.2. The maximum absolute atomic E-state index is 13.0. The number of anilines is 1. The zero-order chi connectivity index (χ0) is 18.6. The van der Waals surface area contributed by atoms with Gasteiger partial charge in [-0.2, -0.15) is 0 Å². The van der Waals surface area contributed by atoms with Gasteiger partial charge in [0, 0.05) is 17.3 Å². The summed E-state index contributed by atoms with van der Waals surface area (Å²) in [6.07, 6.45) is 8.40. The first-order valence-corrected chi connectivity index (χ1v) is 10.8.